The summed E-state index contributed by atoms with van der Waals surface area (Å²) >= 11 is 6.30. The summed E-state index contributed by atoms with van der Waals surface area (Å²) in [6.07, 6.45) is 0. The van der Waals surface area contributed by atoms with Gasteiger partial charge >= 0.3 is 0 Å². The zero-order valence-electron chi connectivity index (χ0n) is 10.0. The first-order chi connectivity index (χ1) is 8.24. The Morgan fingerprint density at radius 2 is 1.82 bits per heavy atom. The van der Waals surface area contributed by atoms with Gasteiger partial charge in [0.25, 0.3) is 0 Å². The zero-order valence-corrected chi connectivity index (χ0v) is 10.8. The average molecular weight is 247 g/mol. The van der Waals surface area contributed by atoms with Gasteiger partial charge in [-0.25, -0.2) is 0 Å². The second kappa shape index (κ2) is 5.35. The summed E-state index contributed by atoms with van der Waals surface area (Å²) in [5, 5.41) is 0.786. The van der Waals surface area contributed by atoms with Crippen LogP contribution in [0.15, 0.2) is 42.5 Å². The molecule has 2 heteroatoms. The molecule has 0 radical (unpaired) electrons. The molecule has 1 nitrogen and oxygen atoms in total. The molecular weight excluding hydrogens is 232 g/mol. The summed E-state index contributed by atoms with van der Waals surface area (Å²) < 4.78 is 5.23. The quantitative estimate of drug-likeness (QED) is 0.777. The van der Waals surface area contributed by atoms with Gasteiger partial charge in [-0.05, 0) is 29.7 Å². The minimum Gasteiger partial charge on any atom is -0.380 e. The Morgan fingerprint density at radius 1 is 1.06 bits per heavy atom. The largest absolute Gasteiger partial charge is 0.380 e. The van der Waals surface area contributed by atoms with Crippen LogP contribution in [0, 0.1) is 6.92 Å². The van der Waals surface area contributed by atoms with Crippen molar-refractivity contribution < 1.29 is 4.74 Å². The predicted molar refractivity (Wildman–Crippen MR) is 72.3 cm³/mol. The smallest absolute Gasteiger partial charge is 0.0719 e. The molecule has 17 heavy (non-hydrogen) atoms. The van der Waals surface area contributed by atoms with Crippen molar-refractivity contribution in [1.29, 1.82) is 0 Å². The second-order valence-corrected chi connectivity index (χ2v) is 4.43. The van der Waals surface area contributed by atoms with Crippen LogP contribution in [0.25, 0.3) is 11.1 Å². The predicted octanol–water partition coefficient (Wildman–Crippen LogP) is 4.46. The van der Waals surface area contributed by atoms with E-state index in [1.165, 1.54) is 5.56 Å². The number of benzene rings is 2. The molecule has 88 valence electrons. The molecule has 0 fully saturated rings. The number of rotatable bonds is 3. The van der Waals surface area contributed by atoms with Crippen LogP contribution in [0.5, 0.6) is 0 Å². The van der Waals surface area contributed by atoms with E-state index in [4.69, 9.17) is 16.3 Å². The highest BCUT2D eigenvalue weighted by molar-refractivity contribution is 6.33. The van der Waals surface area contributed by atoms with Gasteiger partial charge in [-0.1, -0.05) is 48.0 Å². The molecule has 2 aromatic carbocycles. The Labute approximate surface area is 107 Å². The summed E-state index contributed by atoms with van der Waals surface area (Å²) in [6.45, 7) is 2.67. The van der Waals surface area contributed by atoms with Crippen LogP contribution >= 0.6 is 11.6 Å². The van der Waals surface area contributed by atoms with Gasteiger partial charge in [-0.2, -0.15) is 0 Å². The number of hydrogen-bond donors (Lipinski definition) is 0. The topological polar surface area (TPSA) is 9.23 Å². The summed E-state index contributed by atoms with van der Waals surface area (Å²) in [5.74, 6) is 0. The van der Waals surface area contributed by atoms with Gasteiger partial charge in [0.2, 0.25) is 0 Å². The summed E-state index contributed by atoms with van der Waals surface area (Å²) in [6, 6.07) is 14.2. The molecule has 0 atom stereocenters. The Balaban J connectivity index is 2.60. The summed E-state index contributed by atoms with van der Waals surface area (Å²) in [4.78, 5) is 0. The van der Waals surface area contributed by atoms with Gasteiger partial charge in [0.05, 0.1) is 6.61 Å². The van der Waals surface area contributed by atoms with Crippen molar-refractivity contribution in [1.82, 2.24) is 0 Å². The highest BCUT2D eigenvalue weighted by Gasteiger charge is 2.10. The first-order valence-electron chi connectivity index (χ1n) is 5.56. The molecule has 0 amide bonds. The number of aryl methyl sites for hydroxylation is 1. The lowest BCUT2D eigenvalue weighted by Crippen LogP contribution is -1.94. The van der Waals surface area contributed by atoms with E-state index in [-0.39, 0.29) is 0 Å². The molecule has 0 saturated heterocycles. The normalized spacial score (nSPS) is 10.5. The van der Waals surface area contributed by atoms with E-state index < -0.39 is 0 Å². The SMILES string of the molecule is COCc1ccccc1-c1c(C)cccc1Cl. The third kappa shape index (κ3) is 2.51. The van der Waals surface area contributed by atoms with Crippen molar-refractivity contribution >= 4 is 11.6 Å². The molecule has 0 bridgehead atoms. The molecule has 0 aliphatic rings. The van der Waals surface area contributed by atoms with E-state index in [2.05, 4.69) is 25.1 Å². The molecule has 0 saturated carbocycles. The number of ether oxygens (including phenoxy) is 1. The van der Waals surface area contributed by atoms with Crippen molar-refractivity contribution in [2.24, 2.45) is 0 Å². The van der Waals surface area contributed by atoms with Crippen LogP contribution in [-0.2, 0) is 11.3 Å². The summed E-state index contributed by atoms with van der Waals surface area (Å²) in [7, 11) is 1.70. The van der Waals surface area contributed by atoms with Crippen LogP contribution in [0.2, 0.25) is 5.02 Å². The number of methoxy groups -OCH3 is 1. The molecule has 0 aliphatic carbocycles. The van der Waals surface area contributed by atoms with E-state index in [0.29, 0.717) is 6.61 Å². The third-order valence-corrected chi connectivity index (χ3v) is 3.12. The van der Waals surface area contributed by atoms with Gasteiger partial charge in [0.15, 0.2) is 0 Å². The molecular formula is C15H15ClO. The molecule has 0 spiro atoms. The lowest BCUT2D eigenvalue weighted by Gasteiger charge is -2.13. The van der Waals surface area contributed by atoms with Gasteiger partial charge in [0.1, 0.15) is 0 Å². The standard InChI is InChI=1S/C15H15ClO/c1-11-6-5-9-14(16)15(11)13-8-4-3-7-12(13)10-17-2/h3-9H,10H2,1-2H3. The number of hydrogen-bond acceptors (Lipinski definition) is 1. The van der Waals surface area contributed by atoms with Crippen LogP contribution < -0.4 is 0 Å². The van der Waals surface area contributed by atoms with Crippen LogP contribution in [0.1, 0.15) is 11.1 Å². The zero-order chi connectivity index (χ0) is 12.3. The van der Waals surface area contributed by atoms with Gasteiger partial charge < -0.3 is 4.74 Å². The maximum Gasteiger partial charge on any atom is 0.0719 e. The van der Waals surface area contributed by atoms with Crippen molar-refractivity contribution in [3.05, 3.63) is 58.6 Å². The lowest BCUT2D eigenvalue weighted by molar-refractivity contribution is 0.185. The lowest BCUT2D eigenvalue weighted by atomic mass is 9.96. The van der Waals surface area contributed by atoms with E-state index in [9.17, 15) is 0 Å². The van der Waals surface area contributed by atoms with Crippen LogP contribution in [-0.4, -0.2) is 7.11 Å². The Bertz CT molecular complexity index is 500. The van der Waals surface area contributed by atoms with Crippen molar-refractivity contribution in [2.75, 3.05) is 7.11 Å². The minimum absolute atomic E-state index is 0.598. The van der Waals surface area contributed by atoms with E-state index in [0.717, 1.165) is 21.7 Å². The molecule has 2 rings (SSSR count). The van der Waals surface area contributed by atoms with Crippen molar-refractivity contribution in [3.8, 4) is 11.1 Å². The Morgan fingerprint density at radius 3 is 2.53 bits per heavy atom. The van der Waals surface area contributed by atoms with E-state index in [1.54, 1.807) is 7.11 Å². The van der Waals surface area contributed by atoms with Crippen LogP contribution in [0.3, 0.4) is 0 Å². The first kappa shape index (κ1) is 12.2. The first-order valence-corrected chi connectivity index (χ1v) is 5.94. The minimum atomic E-state index is 0.598. The Hall–Kier alpha value is -1.31. The fraction of sp³-hybridized carbons (Fsp3) is 0.200. The maximum absolute atomic E-state index is 6.30. The fourth-order valence-electron chi connectivity index (χ4n) is 2.02. The number of halogens is 1. The van der Waals surface area contributed by atoms with Gasteiger partial charge in [-0.3, -0.25) is 0 Å². The van der Waals surface area contributed by atoms with E-state index >= 15 is 0 Å². The van der Waals surface area contributed by atoms with Gasteiger partial charge in [-0.15, -0.1) is 0 Å². The molecule has 0 N–H and O–H groups in total. The second-order valence-electron chi connectivity index (χ2n) is 4.02. The molecule has 0 aliphatic heterocycles. The molecule has 0 unspecified atom stereocenters. The maximum atomic E-state index is 6.30. The molecule has 2 aromatic rings. The van der Waals surface area contributed by atoms with Crippen molar-refractivity contribution in [3.63, 3.8) is 0 Å². The highest BCUT2D eigenvalue weighted by atomic mass is 35.5. The van der Waals surface area contributed by atoms with E-state index in [1.807, 2.05) is 24.3 Å². The van der Waals surface area contributed by atoms with Crippen molar-refractivity contribution in [2.45, 2.75) is 13.5 Å². The average Bonchev–Trinajstić information content (AvgIpc) is 2.31. The third-order valence-electron chi connectivity index (χ3n) is 2.81. The highest BCUT2D eigenvalue weighted by Crippen LogP contribution is 2.33. The Kier molecular flexibility index (Phi) is 3.82. The summed E-state index contributed by atoms with van der Waals surface area (Å²) in [5.41, 5.74) is 4.59. The fourth-order valence-corrected chi connectivity index (χ4v) is 2.34. The molecule has 0 aromatic heterocycles. The van der Waals surface area contributed by atoms with Crippen LogP contribution in [0.4, 0.5) is 0 Å². The van der Waals surface area contributed by atoms with Gasteiger partial charge in [0, 0.05) is 17.7 Å². The molecule has 0 heterocycles. The monoisotopic (exact) mass is 246 g/mol.